The van der Waals surface area contributed by atoms with E-state index in [-0.39, 0.29) is 0 Å². The van der Waals surface area contributed by atoms with Crippen molar-refractivity contribution in [1.82, 2.24) is 5.32 Å². The van der Waals surface area contributed by atoms with Crippen LogP contribution in [0.5, 0.6) is 0 Å². The second kappa shape index (κ2) is 23.5. The lowest BCUT2D eigenvalue weighted by atomic mass is 9.94. The van der Waals surface area contributed by atoms with Gasteiger partial charge in [0.25, 0.3) is 0 Å². The van der Waals surface area contributed by atoms with Gasteiger partial charge in [-0.1, -0.05) is 0 Å². The van der Waals surface area contributed by atoms with Crippen molar-refractivity contribution in [2.24, 2.45) is 0 Å². The van der Waals surface area contributed by atoms with Crippen molar-refractivity contribution >= 4 is 5.91 Å². The van der Waals surface area contributed by atoms with E-state index in [0.29, 0.717) is 0 Å². The van der Waals surface area contributed by atoms with Gasteiger partial charge in [-0.2, -0.15) is 0 Å². The lowest BCUT2D eigenvalue weighted by Crippen LogP contribution is -2.71. The molecule has 30 atom stereocenters. The Bertz CT molecular complexity index is 1590. The van der Waals surface area contributed by atoms with Crippen LogP contribution in [-0.2, 0) is 56.9 Å². The van der Waals surface area contributed by atoms with E-state index in [1.165, 1.54) is 13.8 Å². The summed E-state index contributed by atoms with van der Waals surface area (Å²) in [5, 5.41) is 184. The Kier molecular flexibility index (Phi) is 19.2. The Labute approximate surface area is 386 Å². The van der Waals surface area contributed by atoms with Crippen LogP contribution in [0.2, 0.25) is 0 Å². The molecule has 0 aromatic rings. The fourth-order valence-electron chi connectivity index (χ4n) is 8.76. The van der Waals surface area contributed by atoms with Gasteiger partial charge in [-0.3, -0.25) is 4.79 Å². The summed E-state index contributed by atoms with van der Waals surface area (Å²) in [5.41, 5.74) is 0. The number of rotatable bonds is 15. The zero-order valence-corrected chi connectivity index (χ0v) is 36.7. The zero-order valence-electron chi connectivity index (χ0n) is 36.7. The van der Waals surface area contributed by atoms with Crippen molar-refractivity contribution < 1.29 is 144 Å². The van der Waals surface area contributed by atoms with E-state index in [2.05, 4.69) is 5.32 Å². The predicted octanol–water partition coefficient (Wildman–Crippen LogP) is -11.9. The van der Waals surface area contributed by atoms with Crippen LogP contribution in [-0.4, -0.2) is 303 Å². The molecule has 1 amide bonds. The third kappa shape index (κ3) is 11.4. The summed E-state index contributed by atoms with van der Waals surface area (Å²) >= 11 is 0. The predicted molar refractivity (Wildman–Crippen MR) is 208 cm³/mol. The summed E-state index contributed by atoms with van der Waals surface area (Å²) < 4.78 is 64.0. The first-order chi connectivity index (χ1) is 32.1. The summed E-state index contributed by atoms with van der Waals surface area (Å²) in [6.45, 7) is -0.384. The van der Waals surface area contributed by atoms with Crippen molar-refractivity contribution in [3.8, 4) is 0 Å². The lowest BCUT2D eigenvalue weighted by molar-refractivity contribution is -0.405. The van der Waals surface area contributed by atoms with E-state index in [4.69, 9.17) is 52.1 Å². The molecule has 30 nitrogen and oxygen atoms in total. The topological polar surface area (TPSA) is 475 Å². The van der Waals surface area contributed by atoms with Gasteiger partial charge in [-0.15, -0.1) is 0 Å². The Morgan fingerprint density at radius 3 is 1.28 bits per heavy atom. The molecule has 30 heteroatoms. The maximum Gasteiger partial charge on any atom is 0.217 e. The van der Waals surface area contributed by atoms with Crippen molar-refractivity contribution in [2.75, 3.05) is 26.4 Å². The number of hydrogen-bond donors (Lipinski definition) is 18. The molecule has 6 heterocycles. The monoisotopic (exact) mass is 999 g/mol. The van der Waals surface area contributed by atoms with Crippen molar-refractivity contribution in [3.63, 3.8) is 0 Å². The second-order valence-electron chi connectivity index (χ2n) is 17.5. The first-order valence-corrected chi connectivity index (χ1v) is 21.8. The molecule has 0 saturated carbocycles. The Balaban J connectivity index is 1.38. The van der Waals surface area contributed by atoms with Gasteiger partial charge in [-0.05, 0) is 13.8 Å². The Hall–Kier alpha value is -1.65. The maximum absolute atomic E-state index is 12.9. The fraction of sp³-hybridized carbons (Fsp3) is 0.974. The average Bonchev–Trinajstić information content (AvgIpc) is 3.31. The summed E-state index contributed by atoms with van der Waals surface area (Å²) in [4.78, 5) is 12.9. The lowest BCUT2D eigenvalue weighted by Gasteiger charge is -2.52. The number of carbonyl (C=O) groups is 1. The third-order valence-corrected chi connectivity index (χ3v) is 12.8. The molecule has 0 spiro atoms. The highest BCUT2D eigenvalue weighted by molar-refractivity contribution is 5.73. The molecule has 396 valence electrons. The zero-order chi connectivity index (χ0) is 50.2. The van der Waals surface area contributed by atoms with Gasteiger partial charge in [0, 0.05) is 6.92 Å². The van der Waals surface area contributed by atoms with Gasteiger partial charge in [0.05, 0.1) is 38.6 Å². The van der Waals surface area contributed by atoms with Crippen molar-refractivity contribution in [3.05, 3.63) is 0 Å². The van der Waals surface area contributed by atoms with Crippen LogP contribution in [0.15, 0.2) is 0 Å². The molecule has 68 heavy (non-hydrogen) atoms. The van der Waals surface area contributed by atoms with Gasteiger partial charge < -0.3 is 144 Å². The van der Waals surface area contributed by atoms with E-state index >= 15 is 0 Å². The van der Waals surface area contributed by atoms with Gasteiger partial charge in [0.1, 0.15) is 134 Å². The first kappa shape index (κ1) is 55.7. The summed E-state index contributed by atoms with van der Waals surface area (Å²) in [6.07, 6.45) is -54.2. The van der Waals surface area contributed by atoms with Crippen LogP contribution < -0.4 is 5.32 Å². The number of carbonyl (C=O) groups excluding carboxylic acids is 1. The smallest absolute Gasteiger partial charge is 0.217 e. The van der Waals surface area contributed by atoms with Crippen LogP contribution in [0.3, 0.4) is 0 Å². The van der Waals surface area contributed by atoms with E-state index in [1.54, 1.807) is 0 Å². The Morgan fingerprint density at radius 1 is 0.382 bits per heavy atom. The number of amides is 1. The molecule has 6 aliphatic heterocycles. The summed E-state index contributed by atoms with van der Waals surface area (Å²) in [7, 11) is 0. The molecule has 6 fully saturated rings. The number of aliphatic hydroxyl groups excluding tert-OH is 17. The van der Waals surface area contributed by atoms with Crippen LogP contribution >= 0.6 is 0 Å². The van der Waals surface area contributed by atoms with E-state index in [0.717, 1.165) is 6.92 Å². The minimum Gasteiger partial charge on any atom is -0.394 e. The van der Waals surface area contributed by atoms with E-state index in [1.807, 2.05) is 0 Å². The molecule has 18 N–H and O–H groups in total. The van der Waals surface area contributed by atoms with Crippen LogP contribution in [0.1, 0.15) is 20.8 Å². The van der Waals surface area contributed by atoms with E-state index < -0.39 is 217 Å². The van der Waals surface area contributed by atoms with Gasteiger partial charge in [-0.25, -0.2) is 0 Å². The molecule has 1 unspecified atom stereocenters. The molecule has 0 radical (unpaired) electrons. The van der Waals surface area contributed by atoms with Crippen molar-refractivity contribution in [2.45, 2.75) is 205 Å². The minimum atomic E-state index is -2.08. The SMILES string of the molecule is CC(=O)N[C@H]1[C@H](O[C@H]2[C@@H](O)[C@@H](CO)O[C@@H](O[C@H]3[C@H](O)[C@@H](O)C(O)O[C@@H]3CO)[C@@H]2O[C@@H]2O[C@@H](C)[C@@H](O)[C@@H](O)[C@@H]2O)O[C@H](CO)[C@@H](O)[C@@H]1O[C@@H]1O[C@H](CO)[C@H](O)[C@H](O)[C@H]1O[C@@H]1O[C@@H](C)[C@@H](O)[C@@H](O)[C@@H]1O. The van der Waals surface area contributed by atoms with Gasteiger partial charge >= 0.3 is 0 Å². The maximum atomic E-state index is 12.9. The van der Waals surface area contributed by atoms with Crippen LogP contribution in [0.4, 0.5) is 0 Å². The third-order valence-electron chi connectivity index (χ3n) is 12.8. The fourth-order valence-corrected chi connectivity index (χ4v) is 8.76. The molecule has 6 aliphatic rings. The number of hydrogen-bond acceptors (Lipinski definition) is 29. The largest absolute Gasteiger partial charge is 0.394 e. The summed E-state index contributed by atoms with van der Waals surface area (Å²) in [6, 6.07) is -1.83. The normalized spacial score (nSPS) is 52.6. The first-order valence-electron chi connectivity index (χ1n) is 21.8. The van der Waals surface area contributed by atoms with Crippen molar-refractivity contribution in [1.29, 1.82) is 0 Å². The van der Waals surface area contributed by atoms with Crippen LogP contribution in [0.25, 0.3) is 0 Å². The molecule has 0 aromatic carbocycles. The standard InChI is InChI=1S/C38H65NO29/c1-8-16(45)21(50)26(55)35(58-8)67-31-23(52)18(47)11(4-40)62-37(31)65-29-15(39-10(3)44)34(61-12(5-41)19(29)48)66-30-20(49)13(6-42)63-38(64-28-14(7-43)60-33(57)25(54)24(28)53)32(30)68-36-27(56)22(51)17(46)9(2)59-36/h8-9,11-38,40-43,45-57H,4-7H2,1-3H3,(H,39,44)/t8-,9-,11+,12+,13+,14+,15+,16+,17+,18-,19+,20-,21+,22+,23-,24+,25+,26-,27-,28+,29+,30-,31+,32+,33?,34-,35-,36-,37-,38-/m0/s1. The highest BCUT2D eigenvalue weighted by Gasteiger charge is 2.59. The molecular formula is C38H65NO29. The average molecular weight is 1000 g/mol. The van der Waals surface area contributed by atoms with Crippen LogP contribution in [0, 0.1) is 0 Å². The molecule has 6 saturated heterocycles. The molecule has 0 aliphatic carbocycles. The Morgan fingerprint density at radius 2 is 0.779 bits per heavy atom. The second-order valence-corrected chi connectivity index (χ2v) is 17.5. The molecule has 0 aromatic heterocycles. The minimum absolute atomic E-state index is 0.881. The molecular weight excluding hydrogens is 934 g/mol. The summed E-state index contributed by atoms with van der Waals surface area (Å²) in [5.74, 6) is -0.881. The highest BCUT2D eigenvalue weighted by atomic mass is 16.8. The quantitative estimate of drug-likeness (QED) is 0.0724. The number of aliphatic hydroxyl groups is 17. The molecule has 0 bridgehead atoms. The van der Waals surface area contributed by atoms with E-state index in [9.17, 15) is 91.6 Å². The number of nitrogens with one attached hydrogen (secondary N) is 1. The number of ether oxygens (including phenoxy) is 11. The van der Waals surface area contributed by atoms with Gasteiger partial charge in [0.2, 0.25) is 5.91 Å². The van der Waals surface area contributed by atoms with Gasteiger partial charge in [0.15, 0.2) is 37.7 Å². The highest BCUT2D eigenvalue weighted by Crippen LogP contribution is 2.38. The molecule has 6 rings (SSSR count).